The van der Waals surface area contributed by atoms with Crippen LogP contribution in [-0.2, 0) is 6.42 Å². The molecule has 1 heterocycles. The van der Waals surface area contributed by atoms with Crippen LogP contribution in [0, 0.1) is 0 Å². The largest absolute Gasteiger partial charge is 0.396 e. The van der Waals surface area contributed by atoms with Gasteiger partial charge in [-0.15, -0.1) is 5.10 Å². The van der Waals surface area contributed by atoms with Crippen LogP contribution in [0.4, 0.5) is 5.69 Å². The first-order valence-corrected chi connectivity index (χ1v) is 5.85. The van der Waals surface area contributed by atoms with Crippen LogP contribution in [0.1, 0.15) is 15.2 Å². The molecule has 0 bridgehead atoms. The summed E-state index contributed by atoms with van der Waals surface area (Å²) in [4.78, 5) is 12.1. The highest BCUT2D eigenvalue weighted by Crippen LogP contribution is 2.12. The first-order valence-electron chi connectivity index (χ1n) is 5.08. The number of hydrogen-bond donors (Lipinski definition) is 2. The lowest BCUT2D eigenvalue weighted by Crippen LogP contribution is -2.10. The second kappa shape index (κ2) is 5.51. The number of anilines is 1. The highest BCUT2D eigenvalue weighted by Gasteiger charge is 2.08. The van der Waals surface area contributed by atoms with Gasteiger partial charge in [0.05, 0.1) is 6.20 Å². The highest BCUT2D eigenvalue weighted by atomic mass is 32.1. The number of amides is 1. The Balaban J connectivity index is 2.01. The van der Waals surface area contributed by atoms with E-state index in [0.717, 1.165) is 17.1 Å². The lowest BCUT2D eigenvalue weighted by Gasteiger charge is -2.04. The van der Waals surface area contributed by atoms with Crippen molar-refractivity contribution in [1.82, 2.24) is 9.59 Å². The molecule has 2 aromatic rings. The lowest BCUT2D eigenvalue weighted by molar-refractivity contribution is 0.103. The maximum absolute atomic E-state index is 11.7. The van der Waals surface area contributed by atoms with Gasteiger partial charge in [-0.25, -0.2) is 0 Å². The number of aromatic nitrogens is 2. The van der Waals surface area contributed by atoms with Crippen LogP contribution in [0.3, 0.4) is 0 Å². The molecule has 1 aromatic carbocycles. The summed E-state index contributed by atoms with van der Waals surface area (Å²) in [6, 6.07) is 7.35. The van der Waals surface area contributed by atoms with E-state index < -0.39 is 0 Å². The average molecular weight is 249 g/mol. The number of aliphatic hydroxyl groups is 1. The van der Waals surface area contributed by atoms with Gasteiger partial charge in [-0.3, -0.25) is 4.79 Å². The fourth-order valence-electron chi connectivity index (χ4n) is 1.34. The molecule has 5 nitrogen and oxygen atoms in total. The topological polar surface area (TPSA) is 75.1 Å². The maximum atomic E-state index is 11.7. The second-order valence-corrected chi connectivity index (χ2v) is 4.19. The van der Waals surface area contributed by atoms with E-state index in [1.54, 1.807) is 12.1 Å². The zero-order chi connectivity index (χ0) is 12.1. The molecule has 0 unspecified atom stereocenters. The van der Waals surface area contributed by atoms with Crippen LogP contribution in [-0.4, -0.2) is 27.2 Å². The summed E-state index contributed by atoms with van der Waals surface area (Å²) in [6.07, 6.45) is 2.05. The monoisotopic (exact) mass is 249 g/mol. The van der Waals surface area contributed by atoms with Gasteiger partial charge < -0.3 is 10.4 Å². The van der Waals surface area contributed by atoms with E-state index in [1.165, 1.54) is 6.20 Å². The number of carbonyl (C=O) groups is 1. The third-order valence-corrected chi connectivity index (χ3v) is 2.86. The molecule has 0 saturated carbocycles. The molecule has 88 valence electrons. The molecule has 1 aromatic heterocycles. The zero-order valence-electron chi connectivity index (χ0n) is 8.96. The van der Waals surface area contributed by atoms with Gasteiger partial charge in [0.25, 0.3) is 5.91 Å². The summed E-state index contributed by atoms with van der Waals surface area (Å²) in [6.45, 7) is 0.123. The van der Waals surface area contributed by atoms with Crippen LogP contribution < -0.4 is 5.32 Å². The fraction of sp³-hybridized carbons (Fsp3) is 0.182. The van der Waals surface area contributed by atoms with Gasteiger partial charge in [0.1, 0.15) is 4.88 Å². The number of benzene rings is 1. The van der Waals surface area contributed by atoms with E-state index in [2.05, 4.69) is 14.9 Å². The van der Waals surface area contributed by atoms with Crippen molar-refractivity contribution in [2.45, 2.75) is 6.42 Å². The molecule has 0 saturated heterocycles. The van der Waals surface area contributed by atoms with E-state index >= 15 is 0 Å². The Morgan fingerprint density at radius 2 is 2.12 bits per heavy atom. The number of rotatable bonds is 4. The summed E-state index contributed by atoms with van der Waals surface area (Å²) in [5.74, 6) is -0.213. The number of nitrogens with one attached hydrogen (secondary N) is 1. The first-order chi connectivity index (χ1) is 8.29. The summed E-state index contributed by atoms with van der Waals surface area (Å²) >= 11 is 1.06. The molecule has 0 aliphatic heterocycles. The molecular weight excluding hydrogens is 238 g/mol. The summed E-state index contributed by atoms with van der Waals surface area (Å²) < 4.78 is 3.63. The number of aliphatic hydroxyl groups excluding tert-OH is 1. The van der Waals surface area contributed by atoms with Gasteiger partial charge in [-0.2, -0.15) is 0 Å². The van der Waals surface area contributed by atoms with Gasteiger partial charge in [0.15, 0.2) is 0 Å². The minimum atomic E-state index is -0.213. The Bertz CT molecular complexity index is 482. The van der Waals surface area contributed by atoms with Crippen molar-refractivity contribution in [2.75, 3.05) is 11.9 Å². The molecule has 0 atom stereocenters. The predicted octanol–water partition coefficient (Wildman–Crippen LogP) is 1.33. The highest BCUT2D eigenvalue weighted by molar-refractivity contribution is 7.07. The minimum Gasteiger partial charge on any atom is -0.396 e. The Morgan fingerprint density at radius 3 is 2.71 bits per heavy atom. The normalized spacial score (nSPS) is 10.2. The van der Waals surface area contributed by atoms with E-state index in [0.29, 0.717) is 17.0 Å². The van der Waals surface area contributed by atoms with Crippen LogP contribution in [0.5, 0.6) is 0 Å². The molecule has 2 N–H and O–H groups in total. The zero-order valence-corrected chi connectivity index (χ0v) is 9.78. The van der Waals surface area contributed by atoms with Crippen LogP contribution in [0.15, 0.2) is 30.5 Å². The molecule has 0 spiro atoms. The number of carbonyl (C=O) groups excluding carboxylic acids is 1. The quantitative estimate of drug-likeness (QED) is 0.857. The van der Waals surface area contributed by atoms with E-state index in [9.17, 15) is 4.79 Å². The Morgan fingerprint density at radius 1 is 1.35 bits per heavy atom. The maximum Gasteiger partial charge on any atom is 0.269 e. The number of hydrogen-bond acceptors (Lipinski definition) is 5. The Hall–Kier alpha value is -1.79. The fourth-order valence-corrected chi connectivity index (χ4v) is 1.75. The van der Waals surface area contributed by atoms with Crippen molar-refractivity contribution in [2.24, 2.45) is 0 Å². The van der Waals surface area contributed by atoms with Crippen LogP contribution in [0.2, 0.25) is 0 Å². The van der Waals surface area contributed by atoms with Gasteiger partial charge >= 0.3 is 0 Å². The van der Waals surface area contributed by atoms with Crippen molar-refractivity contribution in [1.29, 1.82) is 0 Å². The summed E-state index contributed by atoms with van der Waals surface area (Å²) in [5, 5.41) is 15.1. The molecule has 0 aliphatic carbocycles. The van der Waals surface area contributed by atoms with Crippen molar-refractivity contribution >= 4 is 23.1 Å². The first kappa shape index (κ1) is 11.7. The summed E-state index contributed by atoms with van der Waals surface area (Å²) in [5.41, 5.74) is 1.75. The van der Waals surface area contributed by atoms with Crippen LogP contribution >= 0.6 is 11.5 Å². The van der Waals surface area contributed by atoms with Gasteiger partial charge in [0, 0.05) is 12.3 Å². The smallest absolute Gasteiger partial charge is 0.269 e. The molecule has 1 amide bonds. The Kier molecular flexibility index (Phi) is 3.79. The molecule has 0 fully saturated rings. The average Bonchev–Trinajstić information content (AvgIpc) is 2.86. The number of nitrogens with zero attached hydrogens (tertiary/aromatic N) is 2. The van der Waals surface area contributed by atoms with Crippen molar-refractivity contribution in [3.8, 4) is 0 Å². The minimum absolute atomic E-state index is 0.123. The van der Waals surface area contributed by atoms with Gasteiger partial charge in [-0.05, 0) is 35.6 Å². The Labute approximate surface area is 102 Å². The third-order valence-electron chi connectivity index (χ3n) is 2.20. The molecular formula is C11H11N3O2S. The van der Waals surface area contributed by atoms with E-state index in [1.807, 2.05) is 12.1 Å². The van der Waals surface area contributed by atoms with Gasteiger partial charge in [-0.1, -0.05) is 16.6 Å². The predicted molar refractivity (Wildman–Crippen MR) is 65.1 cm³/mol. The second-order valence-electron chi connectivity index (χ2n) is 3.41. The van der Waals surface area contributed by atoms with E-state index in [4.69, 9.17) is 5.11 Å². The molecule has 0 aliphatic rings. The van der Waals surface area contributed by atoms with Crippen molar-refractivity contribution in [3.63, 3.8) is 0 Å². The van der Waals surface area contributed by atoms with Crippen molar-refractivity contribution < 1.29 is 9.90 Å². The SMILES string of the molecule is O=C(Nc1ccc(CCO)cc1)c1cnns1. The third kappa shape index (κ3) is 3.08. The molecule has 6 heteroatoms. The van der Waals surface area contributed by atoms with E-state index in [-0.39, 0.29) is 12.5 Å². The summed E-state index contributed by atoms with van der Waals surface area (Å²) in [7, 11) is 0. The molecule has 2 rings (SSSR count). The van der Waals surface area contributed by atoms with Gasteiger partial charge in [0.2, 0.25) is 0 Å². The lowest BCUT2D eigenvalue weighted by atomic mass is 10.1. The van der Waals surface area contributed by atoms with Crippen LogP contribution in [0.25, 0.3) is 0 Å². The molecule has 0 radical (unpaired) electrons. The molecule has 17 heavy (non-hydrogen) atoms. The van der Waals surface area contributed by atoms with Crippen molar-refractivity contribution in [3.05, 3.63) is 40.9 Å². The standard InChI is InChI=1S/C11H11N3O2S/c15-6-5-8-1-3-9(4-2-8)13-11(16)10-7-12-14-17-10/h1-4,7,15H,5-6H2,(H,13,16).